The molecule has 0 aliphatic carbocycles. The maximum absolute atomic E-state index is 5.92. The Kier molecular flexibility index (Phi) is 6.33. The molecule has 0 saturated heterocycles. The average molecular weight is 482 g/mol. The minimum Gasteiger partial charge on any atom is -0.496 e. The van der Waals surface area contributed by atoms with E-state index in [2.05, 4.69) is 43.7 Å². The highest BCUT2D eigenvalue weighted by molar-refractivity contribution is 9.10. The molecule has 0 bridgehead atoms. The van der Waals surface area contributed by atoms with Crippen LogP contribution in [0.5, 0.6) is 23.0 Å². The molecule has 0 atom stereocenters. The predicted molar refractivity (Wildman–Crippen MR) is 108 cm³/mol. The Hall–Kier alpha value is -1.84. The van der Waals surface area contributed by atoms with Crippen LogP contribution in [0.2, 0.25) is 0 Å². The third-order valence-corrected chi connectivity index (χ3v) is 5.13. The number of benzene rings is 2. The molecule has 0 fully saturated rings. The first-order chi connectivity index (χ1) is 12.6. The molecular weight excluding hydrogens is 464 g/mol. The van der Waals surface area contributed by atoms with Gasteiger partial charge in [-0.2, -0.15) is 0 Å². The van der Waals surface area contributed by atoms with Gasteiger partial charge in [0, 0.05) is 12.1 Å². The molecule has 0 saturated carbocycles. The maximum Gasteiger partial charge on any atom is 0.136 e. The standard InChI is InChI=1S/C20H18Br2O4/c1-23-19-9-13-5-6-14-10-20(24-2)16(22)12-18(14)26-8-4-3-7-25-17(13)11-15(19)21/h9-12H,3-4,7-8H2,1-2H3. The minimum atomic E-state index is 0.607. The van der Waals surface area contributed by atoms with Crippen LogP contribution in [0.4, 0.5) is 0 Å². The van der Waals surface area contributed by atoms with Crippen molar-refractivity contribution in [2.45, 2.75) is 12.8 Å². The lowest BCUT2D eigenvalue weighted by atomic mass is 10.1. The van der Waals surface area contributed by atoms with Crippen LogP contribution in [0.1, 0.15) is 24.0 Å². The largest absolute Gasteiger partial charge is 0.496 e. The molecule has 0 amide bonds. The van der Waals surface area contributed by atoms with E-state index in [1.807, 2.05) is 24.3 Å². The van der Waals surface area contributed by atoms with Crippen LogP contribution in [0, 0.1) is 11.8 Å². The lowest BCUT2D eigenvalue weighted by Gasteiger charge is -2.14. The van der Waals surface area contributed by atoms with Crippen molar-refractivity contribution in [1.29, 1.82) is 0 Å². The van der Waals surface area contributed by atoms with Gasteiger partial charge in [0.15, 0.2) is 0 Å². The van der Waals surface area contributed by atoms with Crippen LogP contribution in [0.3, 0.4) is 0 Å². The van der Waals surface area contributed by atoms with Crippen molar-refractivity contribution in [2.75, 3.05) is 27.4 Å². The smallest absolute Gasteiger partial charge is 0.136 e. The molecule has 1 aliphatic heterocycles. The van der Waals surface area contributed by atoms with E-state index < -0.39 is 0 Å². The van der Waals surface area contributed by atoms with E-state index in [9.17, 15) is 0 Å². The van der Waals surface area contributed by atoms with E-state index >= 15 is 0 Å². The summed E-state index contributed by atoms with van der Waals surface area (Å²) in [4.78, 5) is 0. The van der Waals surface area contributed by atoms with E-state index in [-0.39, 0.29) is 0 Å². The van der Waals surface area contributed by atoms with Crippen molar-refractivity contribution >= 4 is 31.9 Å². The van der Waals surface area contributed by atoms with Gasteiger partial charge in [0.25, 0.3) is 0 Å². The van der Waals surface area contributed by atoms with Gasteiger partial charge in [0.2, 0.25) is 0 Å². The molecule has 136 valence electrons. The molecule has 6 heteroatoms. The molecule has 1 heterocycles. The van der Waals surface area contributed by atoms with Gasteiger partial charge in [-0.15, -0.1) is 0 Å². The van der Waals surface area contributed by atoms with Gasteiger partial charge in [-0.1, -0.05) is 11.8 Å². The van der Waals surface area contributed by atoms with Gasteiger partial charge in [0.05, 0.1) is 47.5 Å². The maximum atomic E-state index is 5.92. The minimum absolute atomic E-state index is 0.607. The molecule has 3 rings (SSSR count). The third-order valence-electron chi connectivity index (χ3n) is 3.89. The molecule has 0 spiro atoms. The Bertz CT molecular complexity index is 799. The third kappa shape index (κ3) is 4.28. The number of hydrogen-bond donors (Lipinski definition) is 0. The fourth-order valence-corrected chi connectivity index (χ4v) is 3.49. The monoisotopic (exact) mass is 480 g/mol. The Morgan fingerprint density at radius 3 is 1.58 bits per heavy atom. The van der Waals surface area contributed by atoms with Crippen molar-refractivity contribution < 1.29 is 18.9 Å². The lowest BCUT2D eigenvalue weighted by Crippen LogP contribution is -2.05. The van der Waals surface area contributed by atoms with Crippen LogP contribution < -0.4 is 18.9 Å². The van der Waals surface area contributed by atoms with E-state index in [0.717, 1.165) is 44.4 Å². The zero-order valence-corrected chi connectivity index (χ0v) is 17.7. The van der Waals surface area contributed by atoms with Crippen molar-refractivity contribution in [3.05, 3.63) is 44.3 Å². The summed E-state index contributed by atoms with van der Waals surface area (Å²) in [6.45, 7) is 1.21. The Morgan fingerprint density at radius 1 is 0.769 bits per heavy atom. The quantitative estimate of drug-likeness (QED) is 0.554. The number of methoxy groups -OCH3 is 2. The van der Waals surface area contributed by atoms with Gasteiger partial charge < -0.3 is 18.9 Å². The molecule has 0 N–H and O–H groups in total. The predicted octanol–water partition coefficient (Wildman–Crippen LogP) is 5.18. The second-order valence-corrected chi connectivity index (χ2v) is 7.33. The molecular formula is C20H18Br2O4. The van der Waals surface area contributed by atoms with Crippen LogP contribution >= 0.6 is 31.9 Å². The summed E-state index contributed by atoms with van der Waals surface area (Å²) in [5, 5.41) is 0. The summed E-state index contributed by atoms with van der Waals surface area (Å²) in [7, 11) is 3.25. The van der Waals surface area contributed by atoms with Crippen LogP contribution in [0.15, 0.2) is 33.2 Å². The number of rotatable bonds is 2. The Balaban J connectivity index is 2.12. The highest BCUT2D eigenvalue weighted by Crippen LogP contribution is 2.35. The highest BCUT2D eigenvalue weighted by atomic mass is 79.9. The van der Waals surface area contributed by atoms with E-state index in [4.69, 9.17) is 18.9 Å². The van der Waals surface area contributed by atoms with Crippen LogP contribution in [-0.4, -0.2) is 27.4 Å². The average Bonchev–Trinajstić information content (AvgIpc) is 2.63. The molecule has 1 aliphatic rings. The molecule has 2 aromatic carbocycles. The van der Waals surface area contributed by atoms with Gasteiger partial charge in [-0.05, 0) is 56.8 Å². The summed E-state index contributed by atoms with van der Waals surface area (Å²) in [5.74, 6) is 9.25. The van der Waals surface area contributed by atoms with Gasteiger partial charge in [0.1, 0.15) is 23.0 Å². The van der Waals surface area contributed by atoms with Crippen LogP contribution in [0.25, 0.3) is 0 Å². The Morgan fingerprint density at radius 2 is 1.19 bits per heavy atom. The van der Waals surface area contributed by atoms with Crippen LogP contribution in [-0.2, 0) is 0 Å². The number of hydrogen-bond acceptors (Lipinski definition) is 4. The van der Waals surface area contributed by atoms with Gasteiger partial charge in [-0.25, -0.2) is 0 Å². The second kappa shape index (κ2) is 8.70. The van der Waals surface area contributed by atoms with Crippen molar-refractivity contribution in [3.8, 4) is 34.8 Å². The van der Waals surface area contributed by atoms with Crippen molar-refractivity contribution in [3.63, 3.8) is 0 Å². The first-order valence-corrected chi connectivity index (χ1v) is 9.73. The zero-order chi connectivity index (χ0) is 18.5. The zero-order valence-electron chi connectivity index (χ0n) is 14.5. The summed E-state index contributed by atoms with van der Waals surface area (Å²) >= 11 is 7.00. The lowest BCUT2D eigenvalue weighted by molar-refractivity contribution is 0.265. The first-order valence-electron chi connectivity index (χ1n) is 8.15. The normalized spacial score (nSPS) is 13.4. The molecule has 2 aromatic rings. The van der Waals surface area contributed by atoms with E-state index in [1.54, 1.807) is 14.2 Å². The Labute approximate surface area is 170 Å². The topological polar surface area (TPSA) is 36.9 Å². The number of fused-ring (bicyclic) bond motifs is 2. The molecule has 26 heavy (non-hydrogen) atoms. The van der Waals surface area contributed by atoms with Gasteiger partial charge >= 0.3 is 0 Å². The summed E-state index contributed by atoms with van der Waals surface area (Å²) in [6, 6.07) is 7.53. The summed E-state index contributed by atoms with van der Waals surface area (Å²) in [5.41, 5.74) is 1.52. The van der Waals surface area contributed by atoms with Crippen molar-refractivity contribution in [2.24, 2.45) is 0 Å². The number of halogens is 2. The molecule has 0 radical (unpaired) electrons. The first kappa shape index (κ1) is 18.9. The van der Waals surface area contributed by atoms with E-state index in [1.165, 1.54) is 0 Å². The molecule has 0 unspecified atom stereocenters. The number of ether oxygens (including phenoxy) is 4. The fourth-order valence-electron chi connectivity index (χ4n) is 2.52. The summed E-state index contributed by atoms with van der Waals surface area (Å²) < 4.78 is 24.3. The van der Waals surface area contributed by atoms with E-state index in [0.29, 0.717) is 24.7 Å². The SMILES string of the molecule is COc1cc2c(cc1Br)OCCCCOc1cc(Br)c(OC)cc1C#C2. The molecule has 4 nitrogen and oxygen atoms in total. The second-order valence-electron chi connectivity index (χ2n) is 5.62. The molecule has 0 aromatic heterocycles. The highest BCUT2D eigenvalue weighted by Gasteiger charge is 2.12. The summed E-state index contributed by atoms with van der Waals surface area (Å²) in [6.07, 6.45) is 1.78. The van der Waals surface area contributed by atoms with Crippen molar-refractivity contribution in [1.82, 2.24) is 0 Å². The van der Waals surface area contributed by atoms with Gasteiger partial charge in [-0.3, -0.25) is 0 Å². The fraction of sp³-hybridized carbons (Fsp3) is 0.300.